The van der Waals surface area contributed by atoms with Gasteiger partial charge in [-0.05, 0) is 47.4 Å². The molecule has 7 nitrogen and oxygen atoms in total. The van der Waals surface area contributed by atoms with Crippen molar-refractivity contribution in [2.24, 2.45) is 5.10 Å². The molecule has 0 aliphatic carbocycles. The van der Waals surface area contributed by atoms with E-state index >= 15 is 0 Å². The molecule has 0 radical (unpaired) electrons. The van der Waals surface area contributed by atoms with Gasteiger partial charge in [-0.25, -0.2) is 5.01 Å². The Bertz CT molecular complexity index is 1220. The lowest BCUT2D eigenvalue weighted by Gasteiger charge is -2.38. The van der Waals surface area contributed by atoms with Crippen LogP contribution in [0.2, 0.25) is 0 Å². The summed E-state index contributed by atoms with van der Waals surface area (Å²) < 4.78 is 11.6. The summed E-state index contributed by atoms with van der Waals surface area (Å²) in [5.41, 5.74) is 4.99. The highest BCUT2D eigenvalue weighted by molar-refractivity contribution is 6.02. The number of benzene rings is 3. The average Bonchev–Trinajstić information content (AvgIpc) is 3.29. The predicted octanol–water partition coefficient (Wildman–Crippen LogP) is 5.97. The van der Waals surface area contributed by atoms with Crippen molar-refractivity contribution in [1.82, 2.24) is 5.01 Å². The molecule has 2 heterocycles. The maximum absolute atomic E-state index is 11.4. The number of rotatable bonds is 5. The van der Waals surface area contributed by atoms with E-state index in [1.807, 2.05) is 29.3 Å². The van der Waals surface area contributed by atoms with Crippen molar-refractivity contribution < 1.29 is 14.4 Å². The van der Waals surface area contributed by atoms with Gasteiger partial charge in [-0.15, -0.1) is 0 Å². The summed E-state index contributed by atoms with van der Waals surface area (Å²) in [5, 5.41) is 18.3. The lowest BCUT2D eigenvalue weighted by atomic mass is 9.95. The highest BCUT2D eigenvalue weighted by Gasteiger charge is 2.41. The maximum Gasteiger partial charge on any atom is 0.270 e. The number of nitro groups is 1. The largest absolute Gasteiger partial charge is 0.497 e. The first-order chi connectivity index (χ1) is 15.9. The van der Waals surface area contributed by atoms with Gasteiger partial charge >= 0.3 is 0 Å². The SMILES string of the molecule is COc1ccc(C2=NN3C(C2)c2cc([N+](=O)[O-])ccc2OC3c2ccc(C(C)C)cc2)cc1. The Hall–Kier alpha value is -3.87. The normalized spacial score (nSPS) is 18.9. The van der Waals surface area contributed by atoms with Crippen molar-refractivity contribution in [2.75, 3.05) is 7.11 Å². The number of methoxy groups -OCH3 is 1. The summed E-state index contributed by atoms with van der Waals surface area (Å²) in [6, 6.07) is 20.8. The summed E-state index contributed by atoms with van der Waals surface area (Å²) in [5.74, 6) is 1.88. The second kappa shape index (κ2) is 8.24. The Morgan fingerprint density at radius 2 is 1.82 bits per heavy atom. The van der Waals surface area contributed by atoms with Crippen molar-refractivity contribution >= 4 is 11.4 Å². The van der Waals surface area contributed by atoms with Crippen molar-refractivity contribution in [2.45, 2.75) is 38.5 Å². The Morgan fingerprint density at radius 1 is 1.09 bits per heavy atom. The topological polar surface area (TPSA) is 77.2 Å². The molecule has 33 heavy (non-hydrogen) atoms. The fourth-order valence-corrected chi connectivity index (χ4v) is 4.41. The molecule has 0 bridgehead atoms. The third-order valence-electron chi connectivity index (χ3n) is 6.30. The van der Waals surface area contributed by atoms with Crippen LogP contribution in [0.5, 0.6) is 11.5 Å². The van der Waals surface area contributed by atoms with Gasteiger partial charge in [0.15, 0.2) is 0 Å². The number of ether oxygens (including phenoxy) is 2. The van der Waals surface area contributed by atoms with Crippen LogP contribution < -0.4 is 9.47 Å². The van der Waals surface area contributed by atoms with Gasteiger partial charge < -0.3 is 9.47 Å². The summed E-state index contributed by atoms with van der Waals surface area (Å²) in [6.45, 7) is 4.33. The van der Waals surface area contributed by atoms with E-state index in [1.54, 1.807) is 19.2 Å². The van der Waals surface area contributed by atoms with Gasteiger partial charge in [0.05, 0.1) is 23.8 Å². The van der Waals surface area contributed by atoms with E-state index in [2.05, 4.69) is 38.1 Å². The number of nitro benzene ring substituents is 1. The van der Waals surface area contributed by atoms with Crippen molar-refractivity contribution in [1.29, 1.82) is 0 Å². The molecule has 0 saturated heterocycles. The molecule has 2 unspecified atom stereocenters. The molecule has 0 spiro atoms. The second-order valence-corrected chi connectivity index (χ2v) is 8.65. The van der Waals surface area contributed by atoms with Gasteiger partial charge in [-0.1, -0.05) is 38.1 Å². The van der Waals surface area contributed by atoms with E-state index in [0.717, 1.165) is 28.2 Å². The molecular formula is C26H25N3O4. The molecule has 3 aromatic rings. The zero-order chi connectivity index (χ0) is 23.1. The monoisotopic (exact) mass is 443 g/mol. The quantitative estimate of drug-likeness (QED) is 0.359. The molecule has 7 heteroatoms. The maximum atomic E-state index is 11.4. The minimum Gasteiger partial charge on any atom is -0.497 e. The smallest absolute Gasteiger partial charge is 0.270 e. The van der Waals surface area contributed by atoms with E-state index in [1.165, 1.54) is 11.6 Å². The van der Waals surface area contributed by atoms with Crippen molar-refractivity contribution in [3.05, 3.63) is 99.1 Å². The van der Waals surface area contributed by atoms with Gasteiger partial charge in [0.1, 0.15) is 11.5 Å². The first-order valence-corrected chi connectivity index (χ1v) is 11.0. The summed E-state index contributed by atoms with van der Waals surface area (Å²) in [6.07, 6.45) is 0.214. The second-order valence-electron chi connectivity index (χ2n) is 8.65. The Kier molecular flexibility index (Phi) is 5.24. The van der Waals surface area contributed by atoms with Crippen LogP contribution in [0.1, 0.15) is 60.7 Å². The molecule has 0 amide bonds. The summed E-state index contributed by atoms with van der Waals surface area (Å²) in [4.78, 5) is 11.0. The van der Waals surface area contributed by atoms with E-state index in [9.17, 15) is 10.1 Å². The lowest BCUT2D eigenvalue weighted by Crippen LogP contribution is -2.33. The number of hydrogen-bond donors (Lipinski definition) is 0. The molecular weight excluding hydrogens is 418 g/mol. The third-order valence-corrected chi connectivity index (χ3v) is 6.30. The van der Waals surface area contributed by atoms with Crippen LogP contribution in [0, 0.1) is 10.1 Å². The summed E-state index contributed by atoms with van der Waals surface area (Å²) >= 11 is 0. The molecule has 3 aromatic carbocycles. The Labute approximate surface area is 192 Å². The Balaban J connectivity index is 1.56. The first kappa shape index (κ1) is 21.0. The Morgan fingerprint density at radius 3 is 2.45 bits per heavy atom. The van der Waals surface area contributed by atoms with Crippen LogP contribution in [0.15, 0.2) is 71.8 Å². The van der Waals surface area contributed by atoms with Crippen molar-refractivity contribution in [3.63, 3.8) is 0 Å². The number of nitrogens with zero attached hydrogens (tertiary/aromatic N) is 3. The van der Waals surface area contributed by atoms with Crippen LogP contribution in [0.25, 0.3) is 0 Å². The van der Waals surface area contributed by atoms with E-state index in [4.69, 9.17) is 14.6 Å². The number of fused-ring (bicyclic) bond motifs is 3. The third kappa shape index (κ3) is 3.80. The van der Waals surface area contributed by atoms with Crippen LogP contribution >= 0.6 is 0 Å². The zero-order valence-electron chi connectivity index (χ0n) is 18.8. The van der Waals surface area contributed by atoms with E-state index < -0.39 is 6.23 Å². The molecule has 168 valence electrons. The van der Waals surface area contributed by atoms with Crippen LogP contribution in [-0.4, -0.2) is 22.8 Å². The van der Waals surface area contributed by atoms with Crippen molar-refractivity contribution in [3.8, 4) is 11.5 Å². The van der Waals surface area contributed by atoms with E-state index in [0.29, 0.717) is 18.1 Å². The van der Waals surface area contributed by atoms with Gasteiger partial charge in [0.25, 0.3) is 5.69 Å². The van der Waals surface area contributed by atoms with Crippen LogP contribution in [0.4, 0.5) is 5.69 Å². The fraction of sp³-hybridized carbons (Fsp3) is 0.269. The highest BCUT2D eigenvalue weighted by atomic mass is 16.6. The molecule has 0 aromatic heterocycles. The molecule has 0 saturated carbocycles. The highest BCUT2D eigenvalue weighted by Crippen LogP contribution is 2.48. The standard InChI is InChI=1S/C26H25N3O4/c1-16(2)17-4-6-19(7-5-17)26-28-24(22-14-20(29(30)31)10-13-25(22)33-26)15-23(27-28)18-8-11-21(32-3)12-9-18/h4-14,16,24,26H,15H2,1-3H3. The number of hydrogen-bond acceptors (Lipinski definition) is 6. The van der Waals surface area contributed by atoms with Crippen LogP contribution in [0.3, 0.4) is 0 Å². The number of hydrazone groups is 1. The molecule has 2 atom stereocenters. The lowest BCUT2D eigenvalue weighted by molar-refractivity contribution is -0.385. The molecule has 0 N–H and O–H groups in total. The van der Waals surface area contributed by atoms with Gasteiger partial charge in [-0.2, -0.15) is 5.10 Å². The van der Waals surface area contributed by atoms with E-state index in [-0.39, 0.29) is 16.7 Å². The van der Waals surface area contributed by atoms with Crippen LogP contribution in [-0.2, 0) is 0 Å². The van der Waals surface area contributed by atoms with Gasteiger partial charge in [-0.3, -0.25) is 10.1 Å². The molecule has 2 aliphatic heterocycles. The first-order valence-electron chi connectivity index (χ1n) is 11.0. The van der Waals surface area contributed by atoms with Gasteiger partial charge in [0, 0.05) is 29.7 Å². The zero-order valence-corrected chi connectivity index (χ0v) is 18.8. The fourth-order valence-electron chi connectivity index (χ4n) is 4.41. The predicted molar refractivity (Wildman–Crippen MR) is 126 cm³/mol. The molecule has 2 aliphatic rings. The van der Waals surface area contributed by atoms with Gasteiger partial charge in [0.2, 0.25) is 6.23 Å². The number of non-ortho nitro benzene ring substituents is 1. The average molecular weight is 444 g/mol. The molecule has 5 rings (SSSR count). The molecule has 0 fully saturated rings. The minimum absolute atomic E-state index is 0.0509. The minimum atomic E-state index is -0.416. The summed E-state index contributed by atoms with van der Waals surface area (Å²) in [7, 11) is 1.64.